The molecule has 0 atom stereocenters. The normalized spacial score (nSPS) is 10.2. The molecule has 0 aliphatic heterocycles. The zero-order valence-electron chi connectivity index (χ0n) is 7.59. The molecule has 5 heteroatoms. The summed E-state index contributed by atoms with van der Waals surface area (Å²) in [5.41, 5.74) is 2.54. The number of hydrogen-bond donors (Lipinski definition) is 2. The molecular formula is C9H12Cl2N2O. The standard InChI is InChI=1S/C9H12Cl2N2O/c10-7-4-8(11)6-9(5-7)14-3-1-2-13-12/h4-6,13H,1-3,12H2. The van der Waals surface area contributed by atoms with Gasteiger partial charge in [-0.25, -0.2) is 0 Å². The van der Waals surface area contributed by atoms with Gasteiger partial charge in [-0.3, -0.25) is 11.3 Å². The Hall–Kier alpha value is -0.480. The van der Waals surface area contributed by atoms with Crippen LogP contribution in [-0.4, -0.2) is 13.2 Å². The second-order valence-electron chi connectivity index (χ2n) is 2.76. The third kappa shape index (κ3) is 4.15. The molecule has 0 aliphatic rings. The smallest absolute Gasteiger partial charge is 0.122 e. The van der Waals surface area contributed by atoms with Gasteiger partial charge in [0.1, 0.15) is 5.75 Å². The summed E-state index contributed by atoms with van der Waals surface area (Å²) >= 11 is 11.6. The van der Waals surface area contributed by atoms with E-state index >= 15 is 0 Å². The Morgan fingerprint density at radius 2 is 1.86 bits per heavy atom. The number of rotatable bonds is 5. The largest absolute Gasteiger partial charge is 0.493 e. The van der Waals surface area contributed by atoms with E-state index < -0.39 is 0 Å². The van der Waals surface area contributed by atoms with Crippen molar-refractivity contribution in [2.24, 2.45) is 5.84 Å². The average molecular weight is 235 g/mol. The van der Waals surface area contributed by atoms with Crippen LogP contribution in [0.1, 0.15) is 6.42 Å². The zero-order chi connectivity index (χ0) is 10.4. The van der Waals surface area contributed by atoms with Crippen LogP contribution < -0.4 is 16.0 Å². The van der Waals surface area contributed by atoms with Gasteiger partial charge < -0.3 is 4.74 Å². The van der Waals surface area contributed by atoms with Crippen molar-refractivity contribution >= 4 is 23.2 Å². The first-order valence-corrected chi connectivity index (χ1v) is 5.00. The van der Waals surface area contributed by atoms with E-state index in [9.17, 15) is 0 Å². The Labute approximate surface area is 93.1 Å². The predicted molar refractivity (Wildman–Crippen MR) is 58.8 cm³/mol. The minimum absolute atomic E-state index is 0.574. The molecule has 0 heterocycles. The van der Waals surface area contributed by atoms with Gasteiger partial charge >= 0.3 is 0 Å². The highest BCUT2D eigenvalue weighted by Crippen LogP contribution is 2.24. The van der Waals surface area contributed by atoms with Crippen LogP contribution in [0.2, 0.25) is 10.0 Å². The van der Waals surface area contributed by atoms with Crippen molar-refractivity contribution in [2.45, 2.75) is 6.42 Å². The van der Waals surface area contributed by atoms with Crippen LogP contribution in [-0.2, 0) is 0 Å². The van der Waals surface area contributed by atoms with E-state index in [1.165, 1.54) is 0 Å². The zero-order valence-corrected chi connectivity index (χ0v) is 9.11. The van der Waals surface area contributed by atoms with Gasteiger partial charge in [-0.2, -0.15) is 0 Å². The molecule has 1 aromatic carbocycles. The minimum atomic E-state index is 0.574. The summed E-state index contributed by atoms with van der Waals surface area (Å²) < 4.78 is 5.41. The molecule has 1 aromatic rings. The Kier molecular flexibility index (Phi) is 5.04. The van der Waals surface area contributed by atoms with Crippen LogP contribution in [0.5, 0.6) is 5.75 Å². The van der Waals surface area contributed by atoms with E-state index in [0.29, 0.717) is 28.9 Å². The third-order valence-electron chi connectivity index (χ3n) is 1.57. The van der Waals surface area contributed by atoms with Gasteiger partial charge in [0.2, 0.25) is 0 Å². The summed E-state index contributed by atoms with van der Waals surface area (Å²) in [6.07, 6.45) is 0.834. The first-order chi connectivity index (χ1) is 6.72. The van der Waals surface area contributed by atoms with Crippen molar-refractivity contribution in [3.8, 4) is 5.75 Å². The lowest BCUT2D eigenvalue weighted by molar-refractivity contribution is 0.308. The van der Waals surface area contributed by atoms with Crippen LogP contribution in [0.3, 0.4) is 0 Å². The summed E-state index contributed by atoms with van der Waals surface area (Å²) in [6.45, 7) is 1.30. The predicted octanol–water partition coefficient (Wildman–Crippen LogP) is 2.23. The number of benzene rings is 1. The fraction of sp³-hybridized carbons (Fsp3) is 0.333. The van der Waals surface area contributed by atoms with Crippen LogP contribution in [0, 0.1) is 0 Å². The summed E-state index contributed by atoms with van der Waals surface area (Å²) in [4.78, 5) is 0. The summed E-state index contributed by atoms with van der Waals surface area (Å²) in [5, 5.41) is 1.15. The number of nitrogens with two attached hydrogens (primary N) is 1. The lowest BCUT2D eigenvalue weighted by Crippen LogP contribution is -2.24. The van der Waals surface area contributed by atoms with E-state index in [0.717, 1.165) is 6.42 Å². The topological polar surface area (TPSA) is 47.3 Å². The van der Waals surface area contributed by atoms with Crippen molar-refractivity contribution in [3.63, 3.8) is 0 Å². The first kappa shape index (κ1) is 11.6. The van der Waals surface area contributed by atoms with E-state index in [1.807, 2.05) is 0 Å². The summed E-state index contributed by atoms with van der Waals surface area (Å²) in [5.74, 6) is 5.79. The maximum atomic E-state index is 5.79. The molecule has 14 heavy (non-hydrogen) atoms. The number of nitrogens with one attached hydrogen (secondary N) is 1. The number of hydrazine groups is 1. The Morgan fingerprint density at radius 1 is 1.21 bits per heavy atom. The van der Waals surface area contributed by atoms with Gasteiger partial charge in [0, 0.05) is 16.6 Å². The molecule has 0 saturated heterocycles. The Balaban J connectivity index is 2.42. The maximum Gasteiger partial charge on any atom is 0.122 e. The average Bonchev–Trinajstić information content (AvgIpc) is 2.11. The molecule has 1 rings (SSSR count). The Bertz CT molecular complexity index is 274. The van der Waals surface area contributed by atoms with Crippen molar-refractivity contribution in [1.82, 2.24) is 5.43 Å². The SMILES string of the molecule is NNCCCOc1cc(Cl)cc(Cl)c1. The van der Waals surface area contributed by atoms with Crippen LogP contribution >= 0.6 is 23.2 Å². The third-order valence-corrected chi connectivity index (χ3v) is 2.01. The molecule has 0 aliphatic carbocycles. The second kappa shape index (κ2) is 6.09. The van der Waals surface area contributed by atoms with Gasteiger partial charge in [0.25, 0.3) is 0 Å². The highest BCUT2D eigenvalue weighted by Gasteiger charge is 1.98. The molecule has 78 valence electrons. The molecule has 0 aromatic heterocycles. The molecular weight excluding hydrogens is 223 g/mol. The number of hydrogen-bond acceptors (Lipinski definition) is 3. The first-order valence-electron chi connectivity index (χ1n) is 4.25. The van der Waals surface area contributed by atoms with Gasteiger partial charge in [-0.05, 0) is 24.6 Å². The van der Waals surface area contributed by atoms with Crippen LogP contribution in [0.4, 0.5) is 0 Å². The van der Waals surface area contributed by atoms with Crippen molar-refractivity contribution in [3.05, 3.63) is 28.2 Å². The van der Waals surface area contributed by atoms with E-state index in [-0.39, 0.29) is 0 Å². The van der Waals surface area contributed by atoms with Gasteiger partial charge in [0.15, 0.2) is 0 Å². The maximum absolute atomic E-state index is 5.79. The van der Waals surface area contributed by atoms with Crippen molar-refractivity contribution < 1.29 is 4.74 Å². The fourth-order valence-electron chi connectivity index (χ4n) is 0.976. The minimum Gasteiger partial charge on any atom is -0.493 e. The molecule has 0 spiro atoms. The monoisotopic (exact) mass is 234 g/mol. The highest BCUT2D eigenvalue weighted by molar-refractivity contribution is 6.34. The molecule has 0 saturated carbocycles. The van der Waals surface area contributed by atoms with Crippen molar-refractivity contribution in [1.29, 1.82) is 0 Å². The summed E-state index contributed by atoms with van der Waals surface area (Å²) in [6, 6.07) is 5.12. The highest BCUT2D eigenvalue weighted by atomic mass is 35.5. The molecule has 0 bridgehead atoms. The molecule has 0 amide bonds. The molecule has 0 unspecified atom stereocenters. The van der Waals surface area contributed by atoms with Crippen molar-refractivity contribution in [2.75, 3.05) is 13.2 Å². The molecule has 3 nitrogen and oxygen atoms in total. The van der Waals surface area contributed by atoms with Gasteiger partial charge in [0.05, 0.1) is 6.61 Å². The molecule has 0 fully saturated rings. The fourth-order valence-corrected chi connectivity index (χ4v) is 1.48. The van der Waals surface area contributed by atoms with E-state index in [2.05, 4.69) is 5.43 Å². The van der Waals surface area contributed by atoms with Gasteiger partial charge in [-0.15, -0.1) is 0 Å². The molecule has 0 radical (unpaired) electrons. The quantitative estimate of drug-likeness (QED) is 0.467. The summed E-state index contributed by atoms with van der Waals surface area (Å²) in [7, 11) is 0. The Morgan fingerprint density at radius 3 is 2.43 bits per heavy atom. The lowest BCUT2D eigenvalue weighted by atomic mass is 10.3. The molecule has 3 N–H and O–H groups in total. The number of halogens is 2. The van der Waals surface area contributed by atoms with Crippen LogP contribution in [0.25, 0.3) is 0 Å². The van der Waals surface area contributed by atoms with E-state index in [4.69, 9.17) is 33.8 Å². The second-order valence-corrected chi connectivity index (χ2v) is 3.63. The number of ether oxygens (including phenoxy) is 1. The van der Waals surface area contributed by atoms with Crippen LogP contribution in [0.15, 0.2) is 18.2 Å². The lowest BCUT2D eigenvalue weighted by Gasteiger charge is -2.06. The van der Waals surface area contributed by atoms with Gasteiger partial charge in [-0.1, -0.05) is 23.2 Å². The van der Waals surface area contributed by atoms with E-state index in [1.54, 1.807) is 18.2 Å².